The molecular weight excluding hydrogens is 376 g/mol. The lowest BCUT2D eigenvalue weighted by Crippen LogP contribution is -2.51. The molecule has 2 aromatic rings. The molecule has 1 N–H and O–H groups in total. The molecule has 2 atom stereocenters. The zero-order chi connectivity index (χ0) is 20.8. The second kappa shape index (κ2) is 9.79. The number of hydrogen-bond acceptors (Lipinski definition) is 3. The van der Waals surface area contributed by atoms with Crippen LogP contribution in [0, 0.1) is 5.92 Å². The Hall–Kier alpha value is -2.82. The fourth-order valence-corrected chi connectivity index (χ4v) is 4.81. The van der Waals surface area contributed by atoms with E-state index in [0.717, 1.165) is 24.9 Å². The summed E-state index contributed by atoms with van der Waals surface area (Å²) in [7, 11) is 0. The number of amides is 2. The molecule has 0 aromatic heterocycles. The van der Waals surface area contributed by atoms with Crippen LogP contribution in [-0.2, 0) is 11.3 Å². The lowest BCUT2D eigenvalue weighted by molar-refractivity contribution is -0.139. The summed E-state index contributed by atoms with van der Waals surface area (Å²) in [5.74, 6) is 0.930. The first-order chi connectivity index (χ1) is 14.7. The van der Waals surface area contributed by atoms with Crippen molar-refractivity contribution in [3.8, 4) is 5.75 Å². The minimum atomic E-state index is -0.202. The first kappa shape index (κ1) is 20.5. The first-order valence-corrected chi connectivity index (χ1v) is 11.1. The largest absolute Gasteiger partial charge is 0.483 e. The highest BCUT2D eigenvalue weighted by molar-refractivity contribution is 5.97. The maximum atomic E-state index is 12.9. The van der Waals surface area contributed by atoms with Gasteiger partial charge in [-0.15, -0.1) is 0 Å². The van der Waals surface area contributed by atoms with Gasteiger partial charge < -0.3 is 15.0 Å². The number of likely N-dealkylation sites (tertiary alicyclic amines) is 1. The second-order valence-electron chi connectivity index (χ2n) is 8.29. The number of para-hydroxylation sites is 1. The number of piperidine rings is 1. The predicted molar refractivity (Wildman–Crippen MR) is 116 cm³/mol. The van der Waals surface area contributed by atoms with E-state index in [1.807, 2.05) is 47.4 Å². The lowest BCUT2D eigenvalue weighted by atomic mass is 9.78. The maximum absolute atomic E-state index is 12.9. The van der Waals surface area contributed by atoms with Crippen LogP contribution < -0.4 is 10.1 Å². The number of ether oxygens (including phenoxy) is 1. The van der Waals surface area contributed by atoms with Gasteiger partial charge in [0.25, 0.3) is 11.8 Å². The summed E-state index contributed by atoms with van der Waals surface area (Å²) in [5.41, 5.74) is 1.49. The van der Waals surface area contributed by atoms with E-state index in [9.17, 15) is 9.59 Å². The first-order valence-electron chi connectivity index (χ1n) is 11.1. The van der Waals surface area contributed by atoms with E-state index in [1.165, 1.54) is 25.7 Å². The van der Waals surface area contributed by atoms with Gasteiger partial charge in [-0.25, -0.2) is 0 Å². The molecule has 1 aliphatic carbocycles. The highest BCUT2D eigenvalue weighted by Crippen LogP contribution is 2.35. The average Bonchev–Trinajstić information content (AvgIpc) is 2.81. The molecule has 2 aliphatic rings. The number of nitrogens with zero attached hydrogens (tertiary/aromatic N) is 1. The normalized spacial score (nSPS) is 20.9. The Morgan fingerprint density at radius 1 is 0.933 bits per heavy atom. The quantitative estimate of drug-likeness (QED) is 0.783. The van der Waals surface area contributed by atoms with Gasteiger partial charge in [0.05, 0.1) is 5.56 Å². The number of carbonyl (C=O) groups excluding carboxylic acids is 2. The van der Waals surface area contributed by atoms with Gasteiger partial charge in [-0.05, 0) is 49.3 Å². The molecule has 2 amide bonds. The van der Waals surface area contributed by atoms with Crippen LogP contribution in [0.5, 0.6) is 5.75 Å². The second-order valence-corrected chi connectivity index (χ2v) is 8.29. The Morgan fingerprint density at radius 2 is 1.67 bits per heavy atom. The zero-order valence-electron chi connectivity index (χ0n) is 17.4. The average molecular weight is 407 g/mol. The van der Waals surface area contributed by atoms with Crippen LogP contribution in [-0.4, -0.2) is 35.9 Å². The third-order valence-corrected chi connectivity index (χ3v) is 6.34. The van der Waals surface area contributed by atoms with Crippen molar-refractivity contribution in [3.05, 3.63) is 65.7 Å². The Kier molecular flexibility index (Phi) is 6.67. The topological polar surface area (TPSA) is 58.6 Å². The zero-order valence-corrected chi connectivity index (χ0v) is 17.4. The van der Waals surface area contributed by atoms with Crippen molar-refractivity contribution in [1.82, 2.24) is 10.2 Å². The van der Waals surface area contributed by atoms with Gasteiger partial charge in [-0.2, -0.15) is 0 Å². The monoisotopic (exact) mass is 406 g/mol. The van der Waals surface area contributed by atoms with Crippen molar-refractivity contribution in [2.24, 2.45) is 5.92 Å². The number of benzene rings is 2. The van der Waals surface area contributed by atoms with Gasteiger partial charge in [-0.3, -0.25) is 9.59 Å². The SMILES string of the molecule is O=C(NCc1ccccc1)c1ccccc1OCC(=O)N1CCCC2CCCCC21. The van der Waals surface area contributed by atoms with E-state index in [0.29, 0.717) is 29.8 Å². The van der Waals surface area contributed by atoms with Crippen molar-refractivity contribution in [1.29, 1.82) is 0 Å². The molecule has 1 aliphatic heterocycles. The van der Waals surface area contributed by atoms with Crippen LogP contribution in [0.4, 0.5) is 0 Å². The summed E-state index contributed by atoms with van der Waals surface area (Å²) in [6, 6.07) is 17.3. The van der Waals surface area contributed by atoms with Crippen molar-refractivity contribution in [3.63, 3.8) is 0 Å². The molecule has 30 heavy (non-hydrogen) atoms. The smallest absolute Gasteiger partial charge is 0.260 e. The molecular formula is C25H30N2O3. The van der Waals surface area contributed by atoms with Gasteiger partial charge >= 0.3 is 0 Å². The molecule has 1 heterocycles. The van der Waals surface area contributed by atoms with Crippen molar-refractivity contribution < 1.29 is 14.3 Å². The summed E-state index contributed by atoms with van der Waals surface area (Å²) in [4.78, 5) is 27.6. The Labute approximate surface area is 178 Å². The van der Waals surface area contributed by atoms with Crippen LogP contribution in [0.25, 0.3) is 0 Å². The van der Waals surface area contributed by atoms with Crippen molar-refractivity contribution in [2.45, 2.75) is 51.1 Å². The van der Waals surface area contributed by atoms with E-state index in [2.05, 4.69) is 5.32 Å². The number of carbonyl (C=O) groups is 2. The Balaban J connectivity index is 1.36. The predicted octanol–water partition coefficient (Wildman–Crippen LogP) is 4.18. The van der Waals surface area contributed by atoms with Crippen LogP contribution >= 0.6 is 0 Å². The van der Waals surface area contributed by atoms with Gasteiger partial charge in [0.1, 0.15) is 5.75 Å². The minimum Gasteiger partial charge on any atom is -0.483 e. The lowest BCUT2D eigenvalue weighted by Gasteiger charge is -2.44. The molecule has 4 rings (SSSR count). The molecule has 2 fully saturated rings. The molecule has 1 saturated carbocycles. The number of rotatable bonds is 6. The third-order valence-electron chi connectivity index (χ3n) is 6.34. The van der Waals surface area contributed by atoms with E-state index in [-0.39, 0.29) is 18.4 Å². The van der Waals surface area contributed by atoms with E-state index in [4.69, 9.17) is 4.74 Å². The van der Waals surface area contributed by atoms with Gasteiger partial charge in [0.15, 0.2) is 6.61 Å². The summed E-state index contributed by atoms with van der Waals surface area (Å²) < 4.78 is 5.85. The number of hydrogen-bond donors (Lipinski definition) is 1. The standard InChI is InChI=1S/C25H30N2O3/c28-24(27-16-8-12-20-11-4-6-14-22(20)27)18-30-23-15-7-5-13-21(23)25(29)26-17-19-9-2-1-3-10-19/h1-3,5,7,9-10,13,15,20,22H,4,6,8,11-12,14,16-18H2,(H,26,29). The number of nitrogens with one attached hydrogen (secondary N) is 1. The minimum absolute atomic E-state index is 0.0216. The van der Waals surface area contributed by atoms with E-state index in [1.54, 1.807) is 12.1 Å². The third kappa shape index (κ3) is 4.84. The van der Waals surface area contributed by atoms with Crippen molar-refractivity contribution in [2.75, 3.05) is 13.2 Å². The van der Waals surface area contributed by atoms with Gasteiger partial charge in [0, 0.05) is 19.1 Å². The Morgan fingerprint density at radius 3 is 2.53 bits per heavy atom. The Bertz CT molecular complexity index is 866. The van der Waals surface area contributed by atoms with Crippen LogP contribution in [0.3, 0.4) is 0 Å². The van der Waals surface area contributed by atoms with Gasteiger partial charge in [0.2, 0.25) is 0 Å². The van der Waals surface area contributed by atoms with Gasteiger partial charge in [-0.1, -0.05) is 55.3 Å². The molecule has 1 saturated heterocycles. The summed E-state index contributed by atoms with van der Waals surface area (Å²) in [6.07, 6.45) is 7.14. The molecule has 0 bridgehead atoms. The highest BCUT2D eigenvalue weighted by atomic mass is 16.5. The number of fused-ring (bicyclic) bond motifs is 1. The summed E-state index contributed by atoms with van der Waals surface area (Å²) >= 11 is 0. The molecule has 0 radical (unpaired) electrons. The fourth-order valence-electron chi connectivity index (χ4n) is 4.81. The molecule has 0 spiro atoms. The van der Waals surface area contributed by atoms with Crippen molar-refractivity contribution >= 4 is 11.8 Å². The van der Waals surface area contributed by atoms with Crippen LogP contribution in [0.1, 0.15) is 54.4 Å². The molecule has 2 aromatic carbocycles. The summed E-state index contributed by atoms with van der Waals surface area (Å²) in [5, 5.41) is 2.93. The molecule has 5 nitrogen and oxygen atoms in total. The molecule has 2 unspecified atom stereocenters. The molecule has 5 heteroatoms. The highest BCUT2D eigenvalue weighted by Gasteiger charge is 2.35. The van der Waals surface area contributed by atoms with Crippen LogP contribution in [0.2, 0.25) is 0 Å². The van der Waals surface area contributed by atoms with E-state index < -0.39 is 0 Å². The maximum Gasteiger partial charge on any atom is 0.260 e. The molecule has 158 valence electrons. The van der Waals surface area contributed by atoms with E-state index >= 15 is 0 Å². The van der Waals surface area contributed by atoms with Crippen LogP contribution in [0.15, 0.2) is 54.6 Å². The summed E-state index contributed by atoms with van der Waals surface area (Å²) in [6.45, 7) is 1.25. The fraction of sp³-hybridized carbons (Fsp3) is 0.440.